The van der Waals surface area contributed by atoms with Crippen molar-refractivity contribution in [2.75, 3.05) is 6.54 Å². The first kappa shape index (κ1) is 41.9. The van der Waals surface area contributed by atoms with E-state index >= 15 is 0 Å². The summed E-state index contributed by atoms with van der Waals surface area (Å²) < 4.78 is 45.2. The largest absolute Gasteiger partial charge is 0.488 e. The van der Waals surface area contributed by atoms with Gasteiger partial charge in [0.2, 0.25) is 11.8 Å². The number of benzene rings is 1. The zero-order chi connectivity index (χ0) is 40.0. The van der Waals surface area contributed by atoms with Gasteiger partial charge in [-0.1, -0.05) is 65.1 Å². The lowest BCUT2D eigenvalue weighted by molar-refractivity contribution is -0.161. The number of hydrogen-bond donors (Lipinski definition) is 1. The van der Waals surface area contributed by atoms with E-state index in [9.17, 15) is 27.6 Å². The van der Waals surface area contributed by atoms with Gasteiger partial charge in [0, 0.05) is 30.0 Å². The summed E-state index contributed by atoms with van der Waals surface area (Å²) in [5.41, 5.74) is -2.18. The van der Waals surface area contributed by atoms with Gasteiger partial charge in [0.05, 0.1) is 46.5 Å². The maximum absolute atomic E-state index is 14.7. The van der Waals surface area contributed by atoms with E-state index in [1.807, 2.05) is 46.8 Å². The molecule has 3 aliphatic rings. The molecule has 298 valence electrons. The Balaban J connectivity index is 1.47. The molecule has 1 N–H and O–H groups in total. The summed E-state index contributed by atoms with van der Waals surface area (Å²) in [4.78, 5) is 62.3. The molecule has 3 fully saturated rings. The predicted molar refractivity (Wildman–Crippen MR) is 205 cm³/mol. The van der Waals surface area contributed by atoms with E-state index in [0.717, 1.165) is 12.1 Å². The molecule has 2 aromatic rings. The minimum atomic E-state index is -4.41. The normalized spacial score (nSPS) is 24.2. The number of likely N-dealkylation sites (tertiary alicyclic amines) is 1. The first-order valence-corrected chi connectivity index (χ1v) is 20.9. The number of nitrogens with zero attached hydrogens (tertiary/aromatic N) is 2. The number of esters is 1. The molecule has 2 amide bonds. The first-order valence-electron chi connectivity index (χ1n) is 19.1. The fraction of sp³-hybridized carbons (Fsp3) is 0.675. The molecule has 1 saturated heterocycles. The predicted octanol–water partition coefficient (Wildman–Crippen LogP) is 6.89. The highest BCUT2D eigenvalue weighted by Crippen LogP contribution is 2.58. The third-order valence-electron chi connectivity index (χ3n) is 10.8. The van der Waals surface area contributed by atoms with Crippen LogP contribution < -0.4 is 9.46 Å². The number of ether oxygens (including phenoxy) is 2. The average Bonchev–Trinajstić information content (AvgIpc) is 3.91. The van der Waals surface area contributed by atoms with Gasteiger partial charge in [-0.15, -0.1) is 0 Å². The van der Waals surface area contributed by atoms with E-state index in [4.69, 9.17) is 30.2 Å². The minimum Gasteiger partial charge on any atom is -0.488 e. The number of pyridine rings is 1. The van der Waals surface area contributed by atoms with Crippen LogP contribution in [0.15, 0.2) is 24.3 Å². The molecule has 1 aliphatic heterocycles. The zero-order valence-corrected chi connectivity index (χ0v) is 34.6. The third-order valence-corrected chi connectivity index (χ3v) is 12.2. The lowest BCUT2D eigenvalue weighted by Crippen LogP contribution is -2.49. The van der Waals surface area contributed by atoms with Crippen molar-refractivity contribution >= 4 is 56.4 Å². The number of amides is 2. The van der Waals surface area contributed by atoms with Gasteiger partial charge in [-0.2, -0.15) is 8.42 Å². The molecule has 1 aromatic carbocycles. The molecule has 2 heterocycles. The summed E-state index contributed by atoms with van der Waals surface area (Å²) in [6.45, 7) is 16.5. The Morgan fingerprint density at radius 1 is 1.09 bits per heavy atom. The maximum Gasteiger partial charge on any atom is 0.362 e. The number of nitrogens with one attached hydrogen (secondary N) is 1. The van der Waals surface area contributed by atoms with Gasteiger partial charge >= 0.3 is 16.3 Å². The lowest BCUT2D eigenvalue weighted by atomic mass is 9.77. The molecule has 0 bridgehead atoms. The summed E-state index contributed by atoms with van der Waals surface area (Å²) in [6, 6.07) is 6.29. The number of aryl methyl sites for hydroxylation is 1. The molecule has 14 heteroatoms. The fourth-order valence-corrected chi connectivity index (χ4v) is 8.90. The Labute approximate surface area is 324 Å². The fourth-order valence-electron chi connectivity index (χ4n) is 7.52. The molecule has 2 aliphatic carbocycles. The standard InChI is InChI=1S/C40H56ClN3O9S/c1-10-13-25-18-32(27-14-12-15-29(41)34(27)42-25)51-26-19-30(44(23-26)35(47)28(37(3,4)5)20-33(46)52-38(6,7)8)31(45)22-40(21-24(40)11-2)36(48)43-54(49,50)53-39(9)16-17-39/h12,14-15,18,24,26,28,30H,10-11,13,16-17,19-23H2,1-9H3,(H,43,48)/t24-,26-,28-,30+,40-/m1/s1. The van der Waals surface area contributed by atoms with Gasteiger partial charge in [-0.3, -0.25) is 24.2 Å². The van der Waals surface area contributed by atoms with Crippen molar-refractivity contribution in [3.8, 4) is 5.75 Å². The monoisotopic (exact) mass is 789 g/mol. The van der Waals surface area contributed by atoms with Gasteiger partial charge in [0.1, 0.15) is 17.5 Å². The van der Waals surface area contributed by atoms with Crippen molar-refractivity contribution in [3.63, 3.8) is 0 Å². The van der Waals surface area contributed by atoms with Crippen molar-refractivity contribution < 1.29 is 41.3 Å². The van der Waals surface area contributed by atoms with Crippen molar-refractivity contribution in [3.05, 3.63) is 35.0 Å². The molecule has 5 rings (SSSR count). The van der Waals surface area contributed by atoms with Crippen LogP contribution in [0, 0.1) is 22.7 Å². The molecule has 54 heavy (non-hydrogen) atoms. The molecule has 2 saturated carbocycles. The second kappa shape index (κ2) is 15.3. The van der Waals surface area contributed by atoms with Crippen molar-refractivity contribution in [1.29, 1.82) is 0 Å². The molecule has 12 nitrogen and oxygen atoms in total. The van der Waals surface area contributed by atoms with Crippen LogP contribution in [0.2, 0.25) is 5.02 Å². The van der Waals surface area contributed by atoms with E-state index in [1.165, 1.54) is 4.90 Å². The highest BCUT2D eigenvalue weighted by molar-refractivity contribution is 7.85. The van der Waals surface area contributed by atoms with E-state index < -0.39 is 68.2 Å². The number of carbonyl (C=O) groups excluding carboxylic acids is 4. The number of halogens is 1. The van der Waals surface area contributed by atoms with E-state index in [-0.39, 0.29) is 37.5 Å². The molecular formula is C40H56ClN3O9S. The van der Waals surface area contributed by atoms with E-state index in [0.29, 0.717) is 53.8 Å². The molecular weight excluding hydrogens is 734 g/mol. The third kappa shape index (κ3) is 9.74. The Bertz CT molecular complexity index is 1900. The molecule has 0 unspecified atom stereocenters. The first-order chi connectivity index (χ1) is 25.0. The summed E-state index contributed by atoms with van der Waals surface area (Å²) in [6.07, 6.45) is 2.54. The SMILES string of the molecule is CCCc1cc(O[C@@H]2C[C@@H](C(=O)C[C@]3(C(=O)NS(=O)(=O)OC4(C)CC4)C[C@H]3CC)N(C(=O)[C@@H](CC(=O)OC(C)(C)C)C(C)(C)C)C2)c2cccc(Cl)c2n1. The Morgan fingerprint density at radius 3 is 2.35 bits per heavy atom. The average molecular weight is 790 g/mol. The summed E-state index contributed by atoms with van der Waals surface area (Å²) in [7, 11) is -4.41. The molecule has 0 spiro atoms. The number of ketones is 1. The van der Waals surface area contributed by atoms with Crippen LogP contribution in [-0.4, -0.2) is 71.8 Å². The second-order valence-electron chi connectivity index (χ2n) is 17.7. The van der Waals surface area contributed by atoms with Gasteiger partial charge in [0.15, 0.2) is 5.78 Å². The van der Waals surface area contributed by atoms with E-state index in [2.05, 4.69) is 4.72 Å². The van der Waals surface area contributed by atoms with Crippen LogP contribution in [0.5, 0.6) is 5.75 Å². The van der Waals surface area contributed by atoms with Crippen molar-refractivity contribution in [2.24, 2.45) is 22.7 Å². The number of fused-ring (bicyclic) bond motifs is 1. The Hall–Kier alpha value is -3.29. The van der Waals surface area contributed by atoms with Crippen molar-refractivity contribution in [1.82, 2.24) is 14.6 Å². The van der Waals surface area contributed by atoms with Crippen LogP contribution in [0.25, 0.3) is 10.9 Å². The van der Waals surface area contributed by atoms with Crippen LogP contribution >= 0.6 is 11.6 Å². The Morgan fingerprint density at radius 2 is 1.78 bits per heavy atom. The highest BCUT2D eigenvalue weighted by Gasteiger charge is 2.62. The van der Waals surface area contributed by atoms with E-state index in [1.54, 1.807) is 39.8 Å². The van der Waals surface area contributed by atoms with Crippen LogP contribution in [0.1, 0.15) is 119 Å². The van der Waals surface area contributed by atoms with Crippen LogP contribution in [0.4, 0.5) is 0 Å². The minimum absolute atomic E-state index is 0.0425. The maximum atomic E-state index is 14.7. The smallest absolute Gasteiger partial charge is 0.362 e. The molecule has 5 atom stereocenters. The highest BCUT2D eigenvalue weighted by atomic mass is 35.5. The lowest BCUT2D eigenvalue weighted by Gasteiger charge is -2.35. The summed E-state index contributed by atoms with van der Waals surface area (Å²) >= 11 is 6.57. The number of Topliss-reactive ketones (excluding diaryl/α,β-unsaturated/α-hetero) is 1. The van der Waals surface area contributed by atoms with Gasteiger partial charge in [-0.25, -0.2) is 8.91 Å². The number of hydrogen-bond acceptors (Lipinski definition) is 10. The van der Waals surface area contributed by atoms with Crippen LogP contribution in [-0.2, 0) is 44.8 Å². The topological polar surface area (TPSA) is 158 Å². The number of rotatable bonds is 15. The van der Waals surface area contributed by atoms with Crippen LogP contribution in [0.3, 0.4) is 0 Å². The van der Waals surface area contributed by atoms with Crippen molar-refractivity contribution in [2.45, 2.75) is 143 Å². The van der Waals surface area contributed by atoms with Gasteiger partial charge in [-0.05, 0) is 76.8 Å². The number of carbonyl (C=O) groups is 4. The summed E-state index contributed by atoms with van der Waals surface area (Å²) in [5.74, 6) is -2.64. The molecule has 1 aromatic heterocycles. The quantitative estimate of drug-likeness (QED) is 0.189. The van der Waals surface area contributed by atoms with Gasteiger partial charge in [0.25, 0.3) is 0 Å². The number of para-hydroxylation sites is 1. The zero-order valence-electron chi connectivity index (χ0n) is 33.0. The second-order valence-corrected chi connectivity index (χ2v) is 19.4. The molecule has 0 radical (unpaired) electrons. The van der Waals surface area contributed by atoms with Gasteiger partial charge < -0.3 is 14.4 Å². The Kier molecular flexibility index (Phi) is 11.9. The number of aromatic nitrogens is 1. The summed E-state index contributed by atoms with van der Waals surface area (Å²) in [5, 5.41) is 1.16.